The fourth-order valence-corrected chi connectivity index (χ4v) is 1.36. The number of pyridine rings is 1. The van der Waals surface area contributed by atoms with Crippen LogP contribution in [0.4, 0.5) is 0 Å². The zero-order chi connectivity index (χ0) is 10.9. The number of hydrogen-bond acceptors (Lipinski definition) is 3. The van der Waals surface area contributed by atoms with Gasteiger partial charge < -0.3 is 10.6 Å². The Kier molecular flexibility index (Phi) is 5.97. The highest BCUT2D eigenvalue weighted by Crippen LogP contribution is 1.95. The maximum atomic E-state index is 3.99. The van der Waals surface area contributed by atoms with E-state index >= 15 is 0 Å². The maximum absolute atomic E-state index is 3.99. The summed E-state index contributed by atoms with van der Waals surface area (Å²) in [6.07, 6.45) is 4.85. The molecular weight excluding hydrogens is 186 g/mol. The summed E-state index contributed by atoms with van der Waals surface area (Å²) in [5.74, 6) is 0. The molecule has 0 spiro atoms. The maximum Gasteiger partial charge on any atom is 0.0271 e. The monoisotopic (exact) mass is 207 g/mol. The molecule has 0 bridgehead atoms. The van der Waals surface area contributed by atoms with Crippen LogP contribution in [0.5, 0.6) is 0 Å². The van der Waals surface area contributed by atoms with E-state index in [2.05, 4.69) is 29.5 Å². The normalized spacial score (nSPS) is 12.7. The van der Waals surface area contributed by atoms with Crippen LogP contribution >= 0.6 is 0 Å². The summed E-state index contributed by atoms with van der Waals surface area (Å²) >= 11 is 0. The van der Waals surface area contributed by atoms with E-state index in [-0.39, 0.29) is 0 Å². The van der Waals surface area contributed by atoms with Crippen molar-refractivity contribution in [2.45, 2.75) is 32.9 Å². The molecule has 0 fully saturated rings. The van der Waals surface area contributed by atoms with Crippen molar-refractivity contribution in [3.63, 3.8) is 0 Å². The Morgan fingerprint density at radius 2 is 2.07 bits per heavy atom. The molecule has 1 aromatic rings. The SMILES string of the molecule is CCCNCC(C)NCc1ccncc1. The molecule has 0 radical (unpaired) electrons. The summed E-state index contributed by atoms with van der Waals surface area (Å²) in [5.41, 5.74) is 1.28. The first-order chi connectivity index (χ1) is 7.33. The predicted octanol–water partition coefficient (Wildman–Crippen LogP) is 1.56. The Balaban J connectivity index is 2.14. The minimum atomic E-state index is 0.504. The van der Waals surface area contributed by atoms with E-state index < -0.39 is 0 Å². The second kappa shape index (κ2) is 7.37. The minimum absolute atomic E-state index is 0.504. The Bertz CT molecular complexity index is 248. The lowest BCUT2D eigenvalue weighted by Crippen LogP contribution is -2.36. The van der Waals surface area contributed by atoms with Gasteiger partial charge in [-0.05, 0) is 37.6 Å². The van der Waals surface area contributed by atoms with Crippen LogP contribution in [-0.4, -0.2) is 24.1 Å². The van der Waals surface area contributed by atoms with Gasteiger partial charge in [-0.15, -0.1) is 0 Å². The summed E-state index contributed by atoms with van der Waals surface area (Å²) in [5, 5.41) is 6.86. The topological polar surface area (TPSA) is 37.0 Å². The van der Waals surface area contributed by atoms with Crippen LogP contribution in [0.3, 0.4) is 0 Å². The molecule has 15 heavy (non-hydrogen) atoms. The van der Waals surface area contributed by atoms with E-state index in [4.69, 9.17) is 0 Å². The fraction of sp³-hybridized carbons (Fsp3) is 0.583. The van der Waals surface area contributed by atoms with Crippen molar-refractivity contribution in [1.29, 1.82) is 0 Å². The third kappa shape index (κ3) is 5.50. The average Bonchev–Trinajstić information content (AvgIpc) is 2.28. The van der Waals surface area contributed by atoms with E-state index in [0.717, 1.165) is 19.6 Å². The predicted molar refractivity (Wildman–Crippen MR) is 63.7 cm³/mol. The molecule has 0 aliphatic rings. The second-order valence-electron chi connectivity index (χ2n) is 3.84. The van der Waals surface area contributed by atoms with Gasteiger partial charge >= 0.3 is 0 Å². The van der Waals surface area contributed by atoms with E-state index in [1.807, 2.05) is 24.5 Å². The molecule has 2 N–H and O–H groups in total. The Morgan fingerprint density at radius 1 is 1.33 bits per heavy atom. The first kappa shape index (κ1) is 12.1. The standard InChI is InChI=1S/C12H21N3/c1-3-6-14-9-11(2)15-10-12-4-7-13-8-5-12/h4-5,7-8,11,14-15H,3,6,9-10H2,1-2H3. The molecule has 1 rings (SSSR count). The number of rotatable bonds is 7. The van der Waals surface area contributed by atoms with E-state index in [1.54, 1.807) is 0 Å². The summed E-state index contributed by atoms with van der Waals surface area (Å²) in [7, 11) is 0. The van der Waals surface area contributed by atoms with E-state index in [0.29, 0.717) is 6.04 Å². The molecule has 1 heterocycles. The molecule has 0 aromatic carbocycles. The van der Waals surface area contributed by atoms with Crippen LogP contribution in [0.25, 0.3) is 0 Å². The van der Waals surface area contributed by atoms with Crippen molar-refractivity contribution in [3.05, 3.63) is 30.1 Å². The average molecular weight is 207 g/mol. The molecule has 1 unspecified atom stereocenters. The fourth-order valence-electron chi connectivity index (χ4n) is 1.36. The van der Waals surface area contributed by atoms with Crippen LogP contribution in [0, 0.1) is 0 Å². The zero-order valence-electron chi connectivity index (χ0n) is 9.66. The molecule has 3 nitrogen and oxygen atoms in total. The number of hydrogen-bond donors (Lipinski definition) is 2. The van der Waals surface area contributed by atoms with Gasteiger partial charge in [0.25, 0.3) is 0 Å². The molecular formula is C12H21N3. The molecule has 1 aromatic heterocycles. The summed E-state index contributed by atoms with van der Waals surface area (Å²) in [6.45, 7) is 7.42. The molecule has 0 aliphatic heterocycles. The van der Waals surface area contributed by atoms with Gasteiger partial charge in [0.05, 0.1) is 0 Å². The molecule has 0 amide bonds. The minimum Gasteiger partial charge on any atom is -0.315 e. The van der Waals surface area contributed by atoms with Gasteiger partial charge in [-0.3, -0.25) is 4.98 Å². The van der Waals surface area contributed by atoms with Crippen LogP contribution in [0.15, 0.2) is 24.5 Å². The lowest BCUT2D eigenvalue weighted by atomic mass is 10.2. The molecule has 0 saturated heterocycles. The zero-order valence-corrected chi connectivity index (χ0v) is 9.66. The van der Waals surface area contributed by atoms with E-state index in [9.17, 15) is 0 Å². The van der Waals surface area contributed by atoms with Gasteiger partial charge in [0.1, 0.15) is 0 Å². The smallest absolute Gasteiger partial charge is 0.0271 e. The molecule has 3 heteroatoms. The van der Waals surface area contributed by atoms with Gasteiger partial charge in [0.2, 0.25) is 0 Å². The Labute approximate surface area is 92.3 Å². The third-order valence-electron chi connectivity index (χ3n) is 2.28. The van der Waals surface area contributed by atoms with Crippen molar-refractivity contribution < 1.29 is 0 Å². The van der Waals surface area contributed by atoms with Crippen LogP contribution < -0.4 is 10.6 Å². The van der Waals surface area contributed by atoms with Crippen molar-refractivity contribution >= 4 is 0 Å². The van der Waals surface area contributed by atoms with Crippen molar-refractivity contribution in [3.8, 4) is 0 Å². The van der Waals surface area contributed by atoms with Gasteiger partial charge in [0, 0.05) is 31.5 Å². The van der Waals surface area contributed by atoms with Crippen molar-refractivity contribution in [2.24, 2.45) is 0 Å². The van der Waals surface area contributed by atoms with Gasteiger partial charge in [-0.2, -0.15) is 0 Å². The van der Waals surface area contributed by atoms with Crippen LogP contribution in [0.2, 0.25) is 0 Å². The number of nitrogens with one attached hydrogen (secondary N) is 2. The van der Waals surface area contributed by atoms with Gasteiger partial charge in [0.15, 0.2) is 0 Å². The van der Waals surface area contributed by atoms with E-state index in [1.165, 1.54) is 12.0 Å². The highest BCUT2D eigenvalue weighted by Gasteiger charge is 1.99. The highest BCUT2D eigenvalue weighted by atomic mass is 15.0. The molecule has 0 saturated carbocycles. The van der Waals surface area contributed by atoms with Crippen molar-refractivity contribution in [2.75, 3.05) is 13.1 Å². The van der Waals surface area contributed by atoms with Gasteiger partial charge in [-0.1, -0.05) is 6.92 Å². The van der Waals surface area contributed by atoms with Crippen LogP contribution in [0.1, 0.15) is 25.8 Å². The first-order valence-electron chi connectivity index (χ1n) is 5.66. The molecule has 0 aliphatic carbocycles. The highest BCUT2D eigenvalue weighted by molar-refractivity contribution is 5.09. The molecule has 1 atom stereocenters. The number of aromatic nitrogens is 1. The third-order valence-corrected chi connectivity index (χ3v) is 2.28. The first-order valence-corrected chi connectivity index (χ1v) is 5.66. The quantitative estimate of drug-likeness (QED) is 0.666. The number of nitrogens with zero attached hydrogens (tertiary/aromatic N) is 1. The second-order valence-corrected chi connectivity index (χ2v) is 3.84. The van der Waals surface area contributed by atoms with Gasteiger partial charge in [-0.25, -0.2) is 0 Å². The van der Waals surface area contributed by atoms with Crippen molar-refractivity contribution in [1.82, 2.24) is 15.6 Å². The largest absolute Gasteiger partial charge is 0.315 e. The Hall–Kier alpha value is -0.930. The lowest BCUT2D eigenvalue weighted by Gasteiger charge is -2.14. The van der Waals surface area contributed by atoms with Crippen LogP contribution in [-0.2, 0) is 6.54 Å². The summed E-state index contributed by atoms with van der Waals surface area (Å²) in [6, 6.07) is 4.59. The Morgan fingerprint density at radius 3 is 2.73 bits per heavy atom. The lowest BCUT2D eigenvalue weighted by molar-refractivity contribution is 0.501. The summed E-state index contributed by atoms with van der Waals surface area (Å²) < 4.78 is 0. The summed E-state index contributed by atoms with van der Waals surface area (Å²) in [4.78, 5) is 3.99. The molecule has 84 valence electrons.